The Kier molecular flexibility index (Phi) is 8.44. The number of ether oxygens (including phenoxy) is 1. The first kappa shape index (κ1) is 28.9. The van der Waals surface area contributed by atoms with Crippen LogP contribution in [0.1, 0.15) is 55.0 Å². The number of amides is 2. The predicted molar refractivity (Wildman–Crippen MR) is 162 cm³/mol. The van der Waals surface area contributed by atoms with Crippen LogP contribution in [0.4, 0.5) is 5.82 Å². The number of rotatable bonds is 9. The molecule has 0 radical (unpaired) electrons. The molecule has 224 valence electrons. The van der Waals surface area contributed by atoms with Gasteiger partial charge < -0.3 is 15.0 Å². The number of pyridine rings is 2. The smallest absolute Gasteiger partial charge is 0.254 e. The average molecular weight is 583 g/mol. The van der Waals surface area contributed by atoms with Gasteiger partial charge in [-0.1, -0.05) is 6.92 Å². The van der Waals surface area contributed by atoms with E-state index in [4.69, 9.17) is 4.74 Å². The minimum atomic E-state index is -0.0472. The van der Waals surface area contributed by atoms with E-state index in [0.717, 1.165) is 48.1 Å². The molecule has 1 aliphatic carbocycles. The van der Waals surface area contributed by atoms with Crippen molar-refractivity contribution >= 4 is 23.1 Å². The molecule has 4 aromatic rings. The molecule has 2 aliphatic rings. The number of piperazine rings is 1. The van der Waals surface area contributed by atoms with Gasteiger partial charge in [-0.2, -0.15) is 5.10 Å². The number of nitrogens with one attached hydrogen (secondary N) is 1. The lowest BCUT2D eigenvalue weighted by Crippen LogP contribution is -2.60. The predicted octanol–water partition coefficient (Wildman–Crippen LogP) is 3.98. The van der Waals surface area contributed by atoms with E-state index in [0.29, 0.717) is 49.6 Å². The number of nitrogens with zero attached hydrogens (tertiary/aromatic N) is 7. The van der Waals surface area contributed by atoms with Crippen LogP contribution in [0, 0.1) is 12.8 Å². The van der Waals surface area contributed by atoms with Crippen molar-refractivity contribution in [3.63, 3.8) is 0 Å². The minimum Gasteiger partial charge on any atom is -0.373 e. The zero-order valence-electron chi connectivity index (χ0n) is 24.9. The maximum absolute atomic E-state index is 13.1. The van der Waals surface area contributed by atoms with E-state index in [1.165, 1.54) is 0 Å². The van der Waals surface area contributed by atoms with Gasteiger partial charge >= 0.3 is 0 Å². The third-order valence-corrected chi connectivity index (χ3v) is 8.40. The quantitative estimate of drug-likeness (QED) is 0.295. The van der Waals surface area contributed by atoms with Crippen molar-refractivity contribution in [2.24, 2.45) is 5.92 Å². The summed E-state index contributed by atoms with van der Waals surface area (Å²) in [6.45, 7) is 9.40. The van der Waals surface area contributed by atoms with Crippen molar-refractivity contribution in [3.8, 4) is 11.1 Å². The summed E-state index contributed by atoms with van der Waals surface area (Å²) in [4.78, 5) is 43.5. The fraction of sp³-hybridized carbons (Fsp3) is 0.438. The van der Waals surface area contributed by atoms with E-state index in [9.17, 15) is 9.59 Å². The summed E-state index contributed by atoms with van der Waals surface area (Å²) in [5.41, 5.74) is 4.28. The van der Waals surface area contributed by atoms with Crippen molar-refractivity contribution in [3.05, 3.63) is 72.2 Å². The van der Waals surface area contributed by atoms with Crippen molar-refractivity contribution < 1.29 is 14.3 Å². The molecule has 4 aromatic heterocycles. The average Bonchev–Trinajstić information content (AvgIpc) is 3.38. The molecule has 2 fully saturated rings. The molecule has 2 amide bonds. The standard InChI is InChI=1S/C32H38N8O3/c1-4-11-43-20-30-34-17-26(18-35-30)23-6-8-40-28(13-23)16-29(37-40)36-31(41)25-14-27(15-25)39-10-9-38(19-22(39)3)32(42)24-5-7-33-21(2)12-24/h5-8,12-13,16-18,22,25,27H,4,9-11,14-15,19-20H2,1-3H3,(H,36,37,41)/t22-,25?,27?/m0/s1. The highest BCUT2D eigenvalue weighted by molar-refractivity contribution is 5.94. The molecule has 1 N–H and O–H groups in total. The van der Waals surface area contributed by atoms with Crippen molar-refractivity contribution in [1.29, 1.82) is 0 Å². The van der Waals surface area contributed by atoms with Gasteiger partial charge in [-0.05, 0) is 62.9 Å². The van der Waals surface area contributed by atoms with Gasteiger partial charge in [0, 0.05) is 91.9 Å². The molecule has 1 atom stereocenters. The molecule has 0 spiro atoms. The van der Waals surface area contributed by atoms with Gasteiger partial charge in [0.15, 0.2) is 11.6 Å². The summed E-state index contributed by atoms with van der Waals surface area (Å²) >= 11 is 0. The zero-order valence-corrected chi connectivity index (χ0v) is 24.9. The highest BCUT2D eigenvalue weighted by atomic mass is 16.5. The van der Waals surface area contributed by atoms with E-state index < -0.39 is 0 Å². The van der Waals surface area contributed by atoms with Gasteiger partial charge in [-0.3, -0.25) is 19.5 Å². The summed E-state index contributed by atoms with van der Waals surface area (Å²) < 4.78 is 7.27. The molecule has 1 saturated carbocycles. The topological polar surface area (TPSA) is 118 Å². The monoisotopic (exact) mass is 582 g/mol. The molecule has 1 saturated heterocycles. The van der Waals surface area contributed by atoms with Crippen LogP contribution in [-0.2, 0) is 16.1 Å². The first-order valence-electron chi connectivity index (χ1n) is 15.0. The Balaban J connectivity index is 1.00. The second kappa shape index (κ2) is 12.6. The molecular weight excluding hydrogens is 544 g/mol. The van der Waals surface area contributed by atoms with Crippen LogP contribution in [0.2, 0.25) is 0 Å². The number of fused-ring (bicyclic) bond motifs is 1. The van der Waals surface area contributed by atoms with Gasteiger partial charge in [-0.15, -0.1) is 0 Å². The number of aromatic nitrogens is 5. The van der Waals surface area contributed by atoms with Crippen molar-refractivity contribution in [2.45, 2.75) is 58.7 Å². The van der Waals surface area contributed by atoms with Gasteiger partial charge in [0.2, 0.25) is 5.91 Å². The first-order valence-corrected chi connectivity index (χ1v) is 15.0. The molecule has 43 heavy (non-hydrogen) atoms. The highest BCUT2D eigenvalue weighted by Gasteiger charge is 2.41. The molecule has 0 bridgehead atoms. The number of carbonyl (C=O) groups is 2. The Labute approximate surface area is 251 Å². The molecular formula is C32H38N8O3. The van der Waals surface area contributed by atoms with Gasteiger partial charge in [-0.25, -0.2) is 14.5 Å². The summed E-state index contributed by atoms with van der Waals surface area (Å²) in [7, 11) is 0. The van der Waals surface area contributed by atoms with Gasteiger partial charge in [0.1, 0.15) is 6.61 Å². The summed E-state index contributed by atoms with van der Waals surface area (Å²) in [5.74, 6) is 1.21. The van der Waals surface area contributed by atoms with Crippen LogP contribution >= 0.6 is 0 Å². The Bertz CT molecular complexity index is 1600. The first-order chi connectivity index (χ1) is 20.9. The number of hydrogen-bond acceptors (Lipinski definition) is 8. The number of carbonyl (C=O) groups excluding carboxylic acids is 2. The molecule has 1 aliphatic heterocycles. The maximum atomic E-state index is 13.1. The zero-order chi connectivity index (χ0) is 29.9. The van der Waals surface area contributed by atoms with E-state index in [2.05, 4.69) is 44.1 Å². The number of aryl methyl sites for hydroxylation is 1. The van der Waals surface area contributed by atoms with E-state index in [1.54, 1.807) is 29.2 Å². The Morgan fingerprint density at radius 3 is 2.60 bits per heavy atom. The molecule has 0 aromatic carbocycles. The molecule has 11 heteroatoms. The molecule has 0 unspecified atom stereocenters. The number of hydrogen-bond donors (Lipinski definition) is 1. The van der Waals surface area contributed by atoms with Crippen LogP contribution in [0.3, 0.4) is 0 Å². The summed E-state index contributed by atoms with van der Waals surface area (Å²) in [6.07, 6.45) is 9.75. The van der Waals surface area contributed by atoms with E-state index >= 15 is 0 Å². The maximum Gasteiger partial charge on any atom is 0.254 e. The largest absolute Gasteiger partial charge is 0.373 e. The normalized spacial score (nSPS) is 20.6. The van der Waals surface area contributed by atoms with Crippen LogP contribution in [0.5, 0.6) is 0 Å². The lowest BCUT2D eigenvalue weighted by Gasteiger charge is -2.49. The third-order valence-electron chi connectivity index (χ3n) is 8.40. The Hall–Kier alpha value is -4.22. The van der Waals surface area contributed by atoms with Crippen molar-refractivity contribution in [2.75, 3.05) is 31.6 Å². The summed E-state index contributed by atoms with van der Waals surface area (Å²) in [5, 5.41) is 7.56. The Morgan fingerprint density at radius 1 is 1.05 bits per heavy atom. The Morgan fingerprint density at radius 2 is 1.86 bits per heavy atom. The minimum absolute atomic E-state index is 0.00341. The second-order valence-electron chi connectivity index (χ2n) is 11.6. The van der Waals surface area contributed by atoms with Crippen LogP contribution in [0.15, 0.2) is 55.1 Å². The van der Waals surface area contributed by atoms with Gasteiger partial charge in [0.05, 0.1) is 5.52 Å². The molecule has 6 rings (SSSR count). The fourth-order valence-electron chi connectivity index (χ4n) is 5.98. The van der Waals surface area contributed by atoms with E-state index in [-0.39, 0.29) is 23.8 Å². The summed E-state index contributed by atoms with van der Waals surface area (Å²) in [6, 6.07) is 10.1. The van der Waals surface area contributed by atoms with Crippen LogP contribution in [0.25, 0.3) is 16.6 Å². The van der Waals surface area contributed by atoms with Gasteiger partial charge in [0.25, 0.3) is 5.91 Å². The fourth-order valence-corrected chi connectivity index (χ4v) is 5.98. The highest BCUT2D eigenvalue weighted by Crippen LogP contribution is 2.35. The van der Waals surface area contributed by atoms with Crippen LogP contribution < -0.4 is 5.32 Å². The van der Waals surface area contributed by atoms with Crippen LogP contribution in [-0.4, -0.2) is 84.5 Å². The second-order valence-corrected chi connectivity index (χ2v) is 11.6. The SMILES string of the molecule is CCCOCc1ncc(-c2ccn3nc(NC(=O)C4CC(N5CCN(C(=O)c6ccnc(C)c6)C[C@@H]5C)C4)cc3c2)cn1. The van der Waals surface area contributed by atoms with Crippen molar-refractivity contribution in [1.82, 2.24) is 34.4 Å². The molecule has 5 heterocycles. The molecule has 11 nitrogen and oxygen atoms in total. The lowest BCUT2D eigenvalue weighted by molar-refractivity contribution is -0.125. The number of anilines is 1. The third kappa shape index (κ3) is 6.42. The van der Waals surface area contributed by atoms with E-state index in [1.807, 2.05) is 42.3 Å². The lowest BCUT2D eigenvalue weighted by atomic mass is 9.78.